The van der Waals surface area contributed by atoms with Gasteiger partial charge < -0.3 is 24.2 Å². The fraction of sp³-hybridized carbons (Fsp3) is 0.353. The number of amides is 1. The Balaban J connectivity index is 1.47. The first-order chi connectivity index (χ1) is 20.3. The second-order valence-electron chi connectivity index (χ2n) is 10.9. The van der Waals surface area contributed by atoms with Crippen molar-refractivity contribution in [1.29, 1.82) is 0 Å². The average molecular weight is 571 g/mol. The van der Waals surface area contributed by atoms with Crippen LogP contribution in [0.25, 0.3) is 5.76 Å². The first-order valence-electron chi connectivity index (χ1n) is 14.4. The molecule has 2 saturated heterocycles. The van der Waals surface area contributed by atoms with Crippen LogP contribution in [0.4, 0.5) is 0 Å². The lowest BCUT2D eigenvalue weighted by Crippen LogP contribution is -2.42. The Morgan fingerprint density at radius 3 is 2.31 bits per heavy atom. The molecule has 8 nitrogen and oxygen atoms in total. The Morgan fingerprint density at radius 2 is 1.64 bits per heavy atom. The van der Waals surface area contributed by atoms with Crippen molar-refractivity contribution in [3.63, 3.8) is 0 Å². The van der Waals surface area contributed by atoms with Crippen LogP contribution in [-0.2, 0) is 20.9 Å². The molecular weight excluding hydrogens is 532 g/mol. The van der Waals surface area contributed by atoms with Gasteiger partial charge in [-0.25, -0.2) is 0 Å². The highest BCUT2D eigenvalue weighted by Crippen LogP contribution is 2.40. The van der Waals surface area contributed by atoms with Crippen LogP contribution in [0.5, 0.6) is 11.5 Å². The molecule has 3 aromatic carbocycles. The van der Waals surface area contributed by atoms with Gasteiger partial charge in [0.25, 0.3) is 11.7 Å². The van der Waals surface area contributed by atoms with Gasteiger partial charge in [0.1, 0.15) is 23.9 Å². The zero-order valence-corrected chi connectivity index (χ0v) is 24.4. The van der Waals surface area contributed by atoms with Crippen molar-refractivity contribution in [2.45, 2.75) is 39.5 Å². The van der Waals surface area contributed by atoms with Gasteiger partial charge in [0.15, 0.2) is 0 Å². The number of rotatable bonds is 10. The summed E-state index contributed by atoms with van der Waals surface area (Å²) in [6.07, 6.45) is 0.000261. The van der Waals surface area contributed by atoms with E-state index in [0.717, 1.165) is 29.8 Å². The summed E-state index contributed by atoms with van der Waals surface area (Å²) in [5, 5.41) is 11.6. The van der Waals surface area contributed by atoms with Crippen LogP contribution < -0.4 is 9.47 Å². The van der Waals surface area contributed by atoms with Gasteiger partial charge in [-0.1, -0.05) is 42.5 Å². The Labute approximate surface area is 247 Å². The smallest absolute Gasteiger partial charge is 0.295 e. The summed E-state index contributed by atoms with van der Waals surface area (Å²) in [6.45, 7) is 9.94. The third-order valence-electron chi connectivity index (χ3n) is 7.57. The van der Waals surface area contributed by atoms with E-state index < -0.39 is 17.7 Å². The summed E-state index contributed by atoms with van der Waals surface area (Å²) in [4.78, 5) is 30.8. The largest absolute Gasteiger partial charge is 0.507 e. The normalized spacial score (nSPS) is 19.0. The summed E-state index contributed by atoms with van der Waals surface area (Å²) in [6, 6.07) is 21.9. The molecule has 1 amide bonds. The topological polar surface area (TPSA) is 88.5 Å². The first kappa shape index (κ1) is 29.4. The number of carbonyl (C=O) groups is 2. The minimum absolute atomic E-state index is 0.000261. The Hall–Kier alpha value is -4.14. The molecule has 0 bridgehead atoms. The second kappa shape index (κ2) is 13.2. The highest BCUT2D eigenvalue weighted by molar-refractivity contribution is 6.46. The van der Waals surface area contributed by atoms with E-state index in [1.165, 1.54) is 0 Å². The molecule has 0 radical (unpaired) electrons. The van der Waals surface area contributed by atoms with Gasteiger partial charge in [-0.3, -0.25) is 14.5 Å². The molecule has 1 atom stereocenters. The molecule has 220 valence electrons. The number of ether oxygens (including phenoxy) is 3. The molecule has 1 unspecified atom stereocenters. The SMILES string of the molecule is Cc1cc(OC(C)C)ccc1/C(O)=C1\C(=O)C(=O)N(CCN2CCOCC2)C1c1ccc(OCc2ccccc2)cc1. The van der Waals surface area contributed by atoms with Gasteiger partial charge in [0.05, 0.1) is 30.9 Å². The first-order valence-corrected chi connectivity index (χ1v) is 14.4. The van der Waals surface area contributed by atoms with Crippen LogP contribution in [0.1, 0.15) is 42.1 Å². The van der Waals surface area contributed by atoms with Crippen molar-refractivity contribution in [1.82, 2.24) is 9.80 Å². The van der Waals surface area contributed by atoms with Crippen molar-refractivity contribution in [2.75, 3.05) is 39.4 Å². The molecule has 0 aromatic heterocycles. The number of morpholine rings is 1. The molecule has 42 heavy (non-hydrogen) atoms. The number of hydrogen-bond acceptors (Lipinski definition) is 7. The number of aliphatic hydroxyl groups excluding tert-OH is 1. The van der Waals surface area contributed by atoms with Gasteiger partial charge >= 0.3 is 0 Å². The Morgan fingerprint density at radius 1 is 0.952 bits per heavy atom. The molecular formula is C34H38N2O6. The molecule has 2 aliphatic rings. The molecule has 5 rings (SSSR count). The second-order valence-corrected chi connectivity index (χ2v) is 10.9. The van der Waals surface area contributed by atoms with Crippen LogP contribution in [0.3, 0.4) is 0 Å². The highest BCUT2D eigenvalue weighted by atomic mass is 16.5. The molecule has 0 saturated carbocycles. The van der Waals surface area contributed by atoms with Gasteiger partial charge in [-0.05, 0) is 67.8 Å². The van der Waals surface area contributed by atoms with Gasteiger partial charge in [-0.15, -0.1) is 0 Å². The lowest BCUT2D eigenvalue weighted by Gasteiger charge is -2.31. The lowest BCUT2D eigenvalue weighted by molar-refractivity contribution is -0.140. The summed E-state index contributed by atoms with van der Waals surface area (Å²) < 4.78 is 17.2. The van der Waals surface area contributed by atoms with Crippen LogP contribution >= 0.6 is 0 Å². The predicted molar refractivity (Wildman–Crippen MR) is 160 cm³/mol. The lowest BCUT2D eigenvalue weighted by atomic mass is 9.94. The molecule has 8 heteroatoms. The van der Waals surface area contributed by atoms with E-state index in [0.29, 0.717) is 50.0 Å². The molecule has 3 aromatic rings. The van der Waals surface area contributed by atoms with E-state index in [1.54, 1.807) is 17.0 Å². The number of benzene rings is 3. The average Bonchev–Trinajstić information content (AvgIpc) is 3.25. The fourth-order valence-corrected chi connectivity index (χ4v) is 5.41. The number of ketones is 1. The van der Waals surface area contributed by atoms with Crippen molar-refractivity contribution in [3.05, 3.63) is 101 Å². The number of aliphatic hydroxyl groups is 1. The van der Waals surface area contributed by atoms with E-state index in [1.807, 2.05) is 81.4 Å². The molecule has 0 spiro atoms. The van der Waals surface area contributed by atoms with Crippen molar-refractivity contribution < 1.29 is 28.9 Å². The molecule has 0 aliphatic carbocycles. The van der Waals surface area contributed by atoms with Gasteiger partial charge in [0, 0.05) is 31.7 Å². The maximum Gasteiger partial charge on any atom is 0.295 e. The zero-order chi connectivity index (χ0) is 29.6. The minimum atomic E-state index is -0.736. The van der Waals surface area contributed by atoms with Crippen LogP contribution in [-0.4, -0.2) is 72.1 Å². The fourth-order valence-electron chi connectivity index (χ4n) is 5.41. The maximum atomic E-state index is 13.5. The summed E-state index contributed by atoms with van der Waals surface area (Å²) in [5.74, 6) is -0.148. The van der Waals surface area contributed by atoms with Crippen LogP contribution in [0.15, 0.2) is 78.4 Å². The predicted octanol–water partition coefficient (Wildman–Crippen LogP) is 5.12. The molecule has 2 aliphatic heterocycles. The molecule has 1 N–H and O–H groups in total. The number of aryl methyl sites for hydroxylation is 1. The number of carbonyl (C=O) groups excluding carboxylic acids is 2. The number of nitrogens with zero attached hydrogens (tertiary/aromatic N) is 2. The molecule has 2 fully saturated rings. The van der Waals surface area contributed by atoms with Crippen molar-refractivity contribution in [3.8, 4) is 11.5 Å². The highest BCUT2D eigenvalue weighted by Gasteiger charge is 2.46. The van der Waals surface area contributed by atoms with E-state index in [9.17, 15) is 14.7 Å². The Bertz CT molecular complexity index is 1430. The summed E-state index contributed by atoms with van der Waals surface area (Å²) >= 11 is 0. The summed E-state index contributed by atoms with van der Waals surface area (Å²) in [7, 11) is 0. The van der Waals surface area contributed by atoms with Crippen LogP contribution in [0.2, 0.25) is 0 Å². The quantitative estimate of drug-likeness (QED) is 0.206. The standard InChI is InChI=1S/C34H38N2O6/c1-23(2)42-28-13-14-29(24(3)21-28)32(37)30-31(36(34(39)33(30)38)16-15-35-17-19-40-20-18-35)26-9-11-27(12-10-26)41-22-25-7-5-4-6-8-25/h4-14,21,23,31,37H,15-20,22H2,1-3H3/b32-30+. The maximum absolute atomic E-state index is 13.5. The number of likely N-dealkylation sites (tertiary alicyclic amines) is 1. The minimum Gasteiger partial charge on any atom is -0.507 e. The van der Waals surface area contributed by atoms with Crippen molar-refractivity contribution >= 4 is 17.4 Å². The van der Waals surface area contributed by atoms with E-state index in [4.69, 9.17) is 14.2 Å². The van der Waals surface area contributed by atoms with E-state index >= 15 is 0 Å². The number of Topliss-reactive ketones (excluding diaryl/α,β-unsaturated/α-hetero) is 1. The summed E-state index contributed by atoms with van der Waals surface area (Å²) in [5.41, 5.74) is 3.10. The van der Waals surface area contributed by atoms with Gasteiger partial charge in [-0.2, -0.15) is 0 Å². The van der Waals surface area contributed by atoms with E-state index in [-0.39, 0.29) is 17.4 Å². The third-order valence-corrected chi connectivity index (χ3v) is 7.57. The Kier molecular flexibility index (Phi) is 9.25. The monoisotopic (exact) mass is 570 g/mol. The molecule has 2 heterocycles. The number of hydrogen-bond donors (Lipinski definition) is 1. The van der Waals surface area contributed by atoms with Gasteiger partial charge in [0.2, 0.25) is 0 Å². The van der Waals surface area contributed by atoms with Crippen molar-refractivity contribution in [2.24, 2.45) is 0 Å². The zero-order valence-electron chi connectivity index (χ0n) is 24.4. The third kappa shape index (κ3) is 6.66. The van der Waals surface area contributed by atoms with Crippen LogP contribution in [0, 0.1) is 6.92 Å². The van der Waals surface area contributed by atoms with E-state index in [2.05, 4.69) is 4.90 Å².